The van der Waals surface area contributed by atoms with Crippen LogP contribution in [0.25, 0.3) is 11.1 Å². The van der Waals surface area contributed by atoms with E-state index in [0.717, 1.165) is 31.2 Å². The maximum absolute atomic E-state index is 14.6. The predicted octanol–water partition coefficient (Wildman–Crippen LogP) is 3.81. The second-order valence-corrected chi connectivity index (χ2v) is 9.42. The minimum absolute atomic E-state index is 0.00535. The molecule has 1 aliphatic carbocycles. The van der Waals surface area contributed by atoms with Crippen molar-refractivity contribution in [3.63, 3.8) is 0 Å². The third-order valence-electron chi connectivity index (χ3n) is 5.04. The number of rotatable bonds is 7. The topological polar surface area (TPSA) is 94.6 Å². The van der Waals surface area contributed by atoms with Crippen molar-refractivity contribution < 1.29 is 27.1 Å². The Morgan fingerprint density at radius 2 is 2.03 bits per heavy atom. The molecular weight excluding hydrogens is 435 g/mol. The average molecular weight is 457 g/mol. The van der Waals surface area contributed by atoms with Gasteiger partial charge in [0.2, 0.25) is 15.9 Å². The molecule has 30 heavy (non-hydrogen) atoms. The number of hydrogen-bond donors (Lipinski definition) is 1. The fourth-order valence-corrected chi connectivity index (χ4v) is 3.84. The lowest BCUT2D eigenvalue weighted by Gasteiger charge is -2.31. The van der Waals surface area contributed by atoms with Crippen LogP contribution in [0.2, 0.25) is 5.02 Å². The number of pyridine rings is 1. The van der Waals surface area contributed by atoms with Gasteiger partial charge in [0.25, 0.3) is 5.91 Å². The number of carbonyl (C=O) groups is 1. The van der Waals surface area contributed by atoms with Crippen LogP contribution in [0.3, 0.4) is 0 Å². The molecule has 0 saturated heterocycles. The molecule has 1 aliphatic rings. The summed E-state index contributed by atoms with van der Waals surface area (Å²) >= 11 is 6.33. The van der Waals surface area contributed by atoms with Crippen LogP contribution in [-0.2, 0) is 10.0 Å². The van der Waals surface area contributed by atoms with Crippen LogP contribution in [0.1, 0.15) is 36.5 Å². The van der Waals surface area contributed by atoms with E-state index in [0.29, 0.717) is 22.9 Å². The Labute approximate surface area is 179 Å². The minimum atomic E-state index is -3.84. The van der Waals surface area contributed by atoms with Gasteiger partial charge >= 0.3 is 0 Å². The maximum Gasteiger partial charge on any atom is 0.267 e. The summed E-state index contributed by atoms with van der Waals surface area (Å²) in [6, 6.07) is 3.77. The molecule has 1 unspecified atom stereocenters. The van der Waals surface area contributed by atoms with Crippen molar-refractivity contribution in [3.05, 3.63) is 40.8 Å². The number of amides is 1. The molecule has 1 fully saturated rings. The van der Waals surface area contributed by atoms with Crippen LogP contribution in [-0.4, -0.2) is 38.8 Å². The molecule has 1 N–H and O–H groups in total. The fourth-order valence-electron chi connectivity index (χ4n) is 3.19. The number of ether oxygens (including phenoxy) is 2. The number of methoxy groups -OCH3 is 1. The van der Waals surface area contributed by atoms with Gasteiger partial charge in [0.1, 0.15) is 22.7 Å². The second kappa shape index (κ2) is 8.77. The summed E-state index contributed by atoms with van der Waals surface area (Å²) in [4.78, 5) is 16.3. The van der Waals surface area contributed by atoms with E-state index in [-0.39, 0.29) is 16.9 Å². The van der Waals surface area contributed by atoms with E-state index in [9.17, 15) is 17.6 Å². The van der Waals surface area contributed by atoms with E-state index in [4.69, 9.17) is 21.1 Å². The predicted molar refractivity (Wildman–Crippen MR) is 111 cm³/mol. The van der Waals surface area contributed by atoms with Crippen molar-refractivity contribution in [2.75, 3.05) is 13.4 Å². The van der Waals surface area contributed by atoms with E-state index < -0.39 is 27.3 Å². The number of benzene rings is 1. The van der Waals surface area contributed by atoms with Crippen molar-refractivity contribution in [1.82, 2.24) is 9.71 Å². The molecule has 0 spiro atoms. The first-order valence-corrected chi connectivity index (χ1v) is 11.6. The number of carbonyl (C=O) groups excluding carboxylic acids is 1. The molecule has 0 bridgehead atoms. The Morgan fingerprint density at radius 1 is 1.33 bits per heavy atom. The van der Waals surface area contributed by atoms with Crippen molar-refractivity contribution in [1.29, 1.82) is 0 Å². The number of aromatic nitrogens is 1. The van der Waals surface area contributed by atoms with E-state index >= 15 is 0 Å². The first-order valence-electron chi connectivity index (χ1n) is 9.31. The Kier molecular flexibility index (Phi) is 6.52. The van der Waals surface area contributed by atoms with Gasteiger partial charge in [-0.05, 0) is 43.9 Å². The van der Waals surface area contributed by atoms with Crippen LogP contribution < -0.4 is 14.2 Å². The van der Waals surface area contributed by atoms with Crippen molar-refractivity contribution in [2.45, 2.75) is 32.3 Å². The summed E-state index contributed by atoms with van der Waals surface area (Å²) in [6.07, 6.45) is 5.70. The van der Waals surface area contributed by atoms with Crippen molar-refractivity contribution in [3.8, 4) is 22.8 Å². The highest BCUT2D eigenvalue weighted by Gasteiger charge is 2.26. The highest BCUT2D eigenvalue weighted by atomic mass is 35.5. The molecule has 7 nitrogen and oxygen atoms in total. The first-order chi connectivity index (χ1) is 14.1. The number of nitrogens with one attached hydrogen (secondary N) is 1. The van der Waals surface area contributed by atoms with Gasteiger partial charge in [0.05, 0.1) is 18.9 Å². The largest absolute Gasteiger partial charge is 0.496 e. The third-order valence-corrected chi connectivity index (χ3v) is 5.87. The minimum Gasteiger partial charge on any atom is -0.496 e. The Morgan fingerprint density at radius 3 is 2.57 bits per heavy atom. The molecular formula is C20H22ClFN2O5S. The van der Waals surface area contributed by atoms with Crippen LogP contribution in [0, 0.1) is 11.7 Å². The van der Waals surface area contributed by atoms with Crippen molar-refractivity contribution >= 4 is 27.5 Å². The Balaban J connectivity index is 1.90. The molecule has 3 rings (SSSR count). The molecule has 0 radical (unpaired) electrons. The lowest BCUT2D eigenvalue weighted by Crippen LogP contribution is -2.30. The summed E-state index contributed by atoms with van der Waals surface area (Å²) in [5, 5.41) is 0.264. The maximum atomic E-state index is 14.6. The highest BCUT2D eigenvalue weighted by Crippen LogP contribution is 2.37. The molecule has 1 heterocycles. The monoisotopic (exact) mass is 456 g/mol. The van der Waals surface area contributed by atoms with E-state index in [1.54, 1.807) is 10.8 Å². The van der Waals surface area contributed by atoms with Crippen LogP contribution in [0.15, 0.2) is 24.4 Å². The average Bonchev–Trinajstić information content (AvgIpc) is 2.60. The van der Waals surface area contributed by atoms with Gasteiger partial charge in [0.15, 0.2) is 0 Å². The van der Waals surface area contributed by atoms with Gasteiger partial charge in [-0.15, -0.1) is 0 Å². The molecule has 0 aliphatic heterocycles. The normalized spacial score (nSPS) is 15.2. The standard InChI is InChI=1S/C20H22ClFN2O5S/c1-11(12-5-4-6-12)29-20-16(21)7-13(10-23-20)14-8-17(22)15(9-18(14)28-2)19(25)24-30(3,26)27/h7-12H,4-6H2,1-3H3,(H,24,25). The summed E-state index contributed by atoms with van der Waals surface area (Å²) in [5.41, 5.74) is 0.294. The van der Waals surface area contributed by atoms with Gasteiger partial charge in [-0.1, -0.05) is 18.0 Å². The number of sulfonamides is 1. The lowest BCUT2D eigenvalue weighted by atomic mass is 9.82. The highest BCUT2D eigenvalue weighted by molar-refractivity contribution is 7.89. The molecule has 1 amide bonds. The summed E-state index contributed by atoms with van der Waals surface area (Å²) in [5.74, 6) is -1.07. The van der Waals surface area contributed by atoms with E-state index in [1.165, 1.54) is 19.7 Å². The van der Waals surface area contributed by atoms with Crippen molar-refractivity contribution in [2.24, 2.45) is 5.92 Å². The molecule has 1 aromatic carbocycles. The van der Waals surface area contributed by atoms with Gasteiger partial charge < -0.3 is 9.47 Å². The zero-order chi connectivity index (χ0) is 22.1. The smallest absolute Gasteiger partial charge is 0.267 e. The van der Waals surface area contributed by atoms with Gasteiger partial charge in [-0.2, -0.15) is 0 Å². The number of hydrogen-bond acceptors (Lipinski definition) is 6. The lowest BCUT2D eigenvalue weighted by molar-refractivity contribution is 0.0946. The molecule has 2 aromatic rings. The number of halogens is 2. The van der Waals surface area contributed by atoms with E-state index in [1.807, 2.05) is 6.92 Å². The van der Waals surface area contributed by atoms with Crippen LogP contribution in [0.5, 0.6) is 11.6 Å². The second-order valence-electron chi connectivity index (χ2n) is 7.26. The number of nitrogens with zero attached hydrogens (tertiary/aromatic N) is 1. The first kappa shape index (κ1) is 22.3. The van der Waals surface area contributed by atoms with Crippen LogP contribution >= 0.6 is 11.6 Å². The molecule has 162 valence electrons. The van der Waals surface area contributed by atoms with E-state index in [2.05, 4.69) is 4.98 Å². The fraction of sp³-hybridized carbons (Fsp3) is 0.400. The van der Waals surface area contributed by atoms with Gasteiger partial charge in [-0.3, -0.25) is 4.79 Å². The van der Waals surface area contributed by atoms with Gasteiger partial charge in [-0.25, -0.2) is 22.5 Å². The zero-order valence-electron chi connectivity index (χ0n) is 16.7. The molecule has 1 atom stereocenters. The zero-order valence-corrected chi connectivity index (χ0v) is 18.3. The van der Waals surface area contributed by atoms with Crippen LogP contribution in [0.4, 0.5) is 4.39 Å². The summed E-state index contributed by atoms with van der Waals surface area (Å²) < 4.78 is 49.9. The molecule has 1 saturated carbocycles. The molecule has 10 heteroatoms. The quantitative estimate of drug-likeness (QED) is 0.680. The SMILES string of the molecule is COc1cc(C(=O)NS(C)(=O)=O)c(F)cc1-c1cnc(OC(C)C2CCC2)c(Cl)c1. The third kappa shape index (κ3) is 5.02. The Hall–Kier alpha value is -2.39. The summed E-state index contributed by atoms with van der Waals surface area (Å²) in [6.45, 7) is 1.98. The molecule has 1 aromatic heterocycles. The summed E-state index contributed by atoms with van der Waals surface area (Å²) in [7, 11) is -2.49. The van der Waals surface area contributed by atoms with Gasteiger partial charge in [0, 0.05) is 17.3 Å². The Bertz CT molecular complexity index is 1070.